The van der Waals surface area contributed by atoms with Gasteiger partial charge in [-0.25, -0.2) is 0 Å². The van der Waals surface area contributed by atoms with Gasteiger partial charge in [-0.1, -0.05) is 13.8 Å². The highest BCUT2D eigenvalue weighted by Crippen LogP contribution is 2.17. The van der Waals surface area contributed by atoms with Crippen LogP contribution in [0.1, 0.15) is 47.5 Å². The maximum absolute atomic E-state index is 11.6. The van der Waals surface area contributed by atoms with Crippen molar-refractivity contribution in [2.45, 2.75) is 59.0 Å². The van der Waals surface area contributed by atoms with Crippen LogP contribution in [0.5, 0.6) is 0 Å². The summed E-state index contributed by atoms with van der Waals surface area (Å²) in [5, 5.41) is 2.91. The smallest absolute Gasteiger partial charge is 0.221 e. The van der Waals surface area contributed by atoms with Crippen LogP contribution < -0.4 is 11.1 Å². The fourth-order valence-corrected chi connectivity index (χ4v) is 1.94. The van der Waals surface area contributed by atoms with Gasteiger partial charge >= 0.3 is 0 Å². The first-order chi connectivity index (χ1) is 7.89. The molecule has 0 aromatic heterocycles. The highest BCUT2D eigenvalue weighted by Gasteiger charge is 2.27. The molecule has 0 aromatic rings. The molecule has 0 spiro atoms. The van der Waals surface area contributed by atoms with Crippen LogP contribution in [-0.4, -0.2) is 42.0 Å². The molecule has 3 N–H and O–H groups in total. The maximum Gasteiger partial charge on any atom is 0.221 e. The van der Waals surface area contributed by atoms with Crippen molar-refractivity contribution in [1.82, 2.24) is 10.2 Å². The van der Waals surface area contributed by atoms with E-state index in [9.17, 15) is 4.79 Å². The van der Waals surface area contributed by atoms with Crippen molar-refractivity contribution >= 4 is 5.91 Å². The van der Waals surface area contributed by atoms with E-state index in [1.807, 2.05) is 13.8 Å². The summed E-state index contributed by atoms with van der Waals surface area (Å²) in [5.41, 5.74) is 5.85. The lowest BCUT2D eigenvalue weighted by Crippen LogP contribution is -2.52. The Kier molecular flexibility index (Phi) is 7.39. The molecule has 1 unspecified atom stereocenters. The average Bonchev–Trinajstić information content (AvgIpc) is 2.28. The largest absolute Gasteiger partial charge is 0.354 e. The third kappa shape index (κ3) is 5.50. The molecule has 4 heteroatoms. The van der Waals surface area contributed by atoms with Crippen LogP contribution in [0.3, 0.4) is 0 Å². The predicted octanol–water partition coefficient (Wildman–Crippen LogP) is 1.35. The lowest BCUT2D eigenvalue weighted by molar-refractivity contribution is -0.122. The molecule has 0 heterocycles. The zero-order valence-electron chi connectivity index (χ0n) is 12.0. The second-order valence-corrected chi connectivity index (χ2v) is 5.11. The first kappa shape index (κ1) is 16.4. The van der Waals surface area contributed by atoms with Crippen LogP contribution in [0.2, 0.25) is 0 Å². The summed E-state index contributed by atoms with van der Waals surface area (Å²) in [6.07, 6.45) is 1.55. The number of amides is 1. The third-order valence-electron chi connectivity index (χ3n) is 3.41. The average molecular weight is 243 g/mol. The van der Waals surface area contributed by atoms with E-state index < -0.39 is 0 Å². The van der Waals surface area contributed by atoms with Crippen molar-refractivity contribution in [1.29, 1.82) is 0 Å². The van der Waals surface area contributed by atoms with E-state index in [0.29, 0.717) is 13.0 Å². The van der Waals surface area contributed by atoms with Crippen molar-refractivity contribution in [2.24, 2.45) is 5.73 Å². The predicted molar refractivity (Wildman–Crippen MR) is 72.9 cm³/mol. The molecule has 0 aliphatic rings. The summed E-state index contributed by atoms with van der Waals surface area (Å²) in [5.74, 6) is 0.119. The van der Waals surface area contributed by atoms with Crippen LogP contribution in [-0.2, 0) is 4.79 Å². The van der Waals surface area contributed by atoms with E-state index in [2.05, 4.69) is 31.0 Å². The van der Waals surface area contributed by atoms with Gasteiger partial charge in [0.2, 0.25) is 5.91 Å². The maximum atomic E-state index is 11.6. The molecule has 0 aliphatic heterocycles. The molecule has 4 nitrogen and oxygen atoms in total. The lowest BCUT2D eigenvalue weighted by Gasteiger charge is -2.39. The van der Waals surface area contributed by atoms with Crippen molar-refractivity contribution in [3.8, 4) is 0 Å². The zero-order valence-corrected chi connectivity index (χ0v) is 12.0. The summed E-state index contributed by atoms with van der Waals surface area (Å²) >= 11 is 0. The molecule has 0 aliphatic carbocycles. The molecule has 0 aromatic carbocycles. The number of nitrogens with one attached hydrogen (secondary N) is 1. The molecule has 1 atom stereocenters. The van der Waals surface area contributed by atoms with E-state index in [1.165, 1.54) is 0 Å². The quantitative estimate of drug-likeness (QED) is 0.676. The van der Waals surface area contributed by atoms with E-state index >= 15 is 0 Å². The summed E-state index contributed by atoms with van der Waals surface area (Å²) in [6, 6.07) is 0.213. The molecular weight excluding hydrogens is 214 g/mol. The Hall–Kier alpha value is -0.610. The first-order valence-corrected chi connectivity index (χ1v) is 6.64. The Labute approximate surface area is 106 Å². The minimum Gasteiger partial charge on any atom is -0.354 e. The minimum absolute atomic E-state index is 0.00681. The molecular formula is C13H29N3O. The van der Waals surface area contributed by atoms with Crippen LogP contribution in [0.25, 0.3) is 0 Å². The van der Waals surface area contributed by atoms with Gasteiger partial charge in [-0.15, -0.1) is 0 Å². The number of carbonyl (C=O) groups is 1. The van der Waals surface area contributed by atoms with Crippen LogP contribution in [0.15, 0.2) is 0 Å². The second-order valence-electron chi connectivity index (χ2n) is 5.11. The van der Waals surface area contributed by atoms with Gasteiger partial charge in [0.05, 0.1) is 0 Å². The standard InChI is InChI=1S/C13H29N3O/c1-6-13(5,10-14)16(7-2)9-8-12(17)15-11(3)4/h11H,6-10,14H2,1-5H3,(H,15,17). The monoisotopic (exact) mass is 243 g/mol. The van der Waals surface area contributed by atoms with Gasteiger partial charge in [0.25, 0.3) is 0 Å². The second kappa shape index (κ2) is 7.67. The minimum atomic E-state index is 0.00681. The zero-order chi connectivity index (χ0) is 13.5. The Bertz CT molecular complexity index is 225. The number of hydrogen-bond acceptors (Lipinski definition) is 3. The molecule has 102 valence electrons. The summed E-state index contributed by atoms with van der Waals surface area (Å²) < 4.78 is 0. The van der Waals surface area contributed by atoms with Crippen molar-refractivity contribution in [3.05, 3.63) is 0 Å². The first-order valence-electron chi connectivity index (χ1n) is 6.64. The SMILES string of the molecule is CCN(CCC(=O)NC(C)C)C(C)(CC)CN. The molecule has 17 heavy (non-hydrogen) atoms. The van der Waals surface area contributed by atoms with Gasteiger partial charge in [0.1, 0.15) is 0 Å². The highest BCUT2D eigenvalue weighted by atomic mass is 16.1. The van der Waals surface area contributed by atoms with Gasteiger partial charge in [-0.05, 0) is 33.7 Å². The lowest BCUT2D eigenvalue weighted by atomic mass is 9.96. The van der Waals surface area contributed by atoms with E-state index in [1.54, 1.807) is 0 Å². The van der Waals surface area contributed by atoms with Gasteiger partial charge in [0, 0.05) is 31.1 Å². The van der Waals surface area contributed by atoms with Gasteiger partial charge in [-0.2, -0.15) is 0 Å². The van der Waals surface area contributed by atoms with Crippen molar-refractivity contribution in [2.75, 3.05) is 19.6 Å². The van der Waals surface area contributed by atoms with E-state index in [0.717, 1.165) is 19.5 Å². The topological polar surface area (TPSA) is 58.4 Å². The number of carbonyl (C=O) groups excluding carboxylic acids is 1. The summed E-state index contributed by atoms with van der Waals surface area (Å²) in [7, 11) is 0. The molecule has 0 rings (SSSR count). The van der Waals surface area contributed by atoms with Crippen molar-refractivity contribution < 1.29 is 4.79 Å². The molecule has 0 bridgehead atoms. The fourth-order valence-electron chi connectivity index (χ4n) is 1.94. The highest BCUT2D eigenvalue weighted by molar-refractivity contribution is 5.76. The Balaban J connectivity index is 4.27. The molecule has 0 radical (unpaired) electrons. The Morgan fingerprint density at radius 3 is 2.35 bits per heavy atom. The van der Waals surface area contributed by atoms with Gasteiger partial charge in [0.15, 0.2) is 0 Å². The number of likely N-dealkylation sites (N-methyl/N-ethyl adjacent to an activating group) is 1. The van der Waals surface area contributed by atoms with Crippen LogP contribution in [0, 0.1) is 0 Å². The number of nitrogens with zero attached hydrogens (tertiary/aromatic N) is 1. The third-order valence-corrected chi connectivity index (χ3v) is 3.41. The molecule has 0 saturated heterocycles. The number of hydrogen-bond donors (Lipinski definition) is 2. The molecule has 1 amide bonds. The summed E-state index contributed by atoms with van der Waals surface area (Å²) in [4.78, 5) is 13.9. The Morgan fingerprint density at radius 1 is 1.41 bits per heavy atom. The van der Waals surface area contributed by atoms with Crippen LogP contribution >= 0.6 is 0 Å². The van der Waals surface area contributed by atoms with Crippen molar-refractivity contribution in [3.63, 3.8) is 0 Å². The number of rotatable bonds is 8. The van der Waals surface area contributed by atoms with Crippen LogP contribution in [0.4, 0.5) is 0 Å². The van der Waals surface area contributed by atoms with Gasteiger partial charge < -0.3 is 11.1 Å². The number of nitrogens with two attached hydrogens (primary N) is 1. The summed E-state index contributed by atoms with van der Waals surface area (Å²) in [6.45, 7) is 12.7. The van der Waals surface area contributed by atoms with E-state index in [-0.39, 0.29) is 17.5 Å². The van der Waals surface area contributed by atoms with Gasteiger partial charge in [-0.3, -0.25) is 9.69 Å². The fraction of sp³-hybridized carbons (Fsp3) is 0.923. The molecule has 0 saturated carbocycles. The van der Waals surface area contributed by atoms with E-state index in [4.69, 9.17) is 5.73 Å². The molecule has 0 fully saturated rings. The normalized spacial score (nSPS) is 15.1. The Morgan fingerprint density at radius 2 is 2.00 bits per heavy atom.